The number of rotatable bonds is 8. The highest BCUT2D eigenvalue weighted by molar-refractivity contribution is 5.76. The van der Waals surface area contributed by atoms with Gasteiger partial charge >= 0.3 is 0 Å². The first-order valence-corrected chi connectivity index (χ1v) is 7.81. The molecule has 2 aromatic carbocycles. The number of methoxy groups -OCH3 is 1. The van der Waals surface area contributed by atoms with E-state index in [-0.39, 0.29) is 11.7 Å². The molecular formula is C19H22FNO2. The van der Waals surface area contributed by atoms with Gasteiger partial charge in [-0.3, -0.25) is 4.79 Å². The smallest absolute Gasteiger partial charge is 0.220 e. The number of nitrogens with one attached hydrogen (secondary N) is 1. The molecule has 0 unspecified atom stereocenters. The van der Waals surface area contributed by atoms with Crippen molar-refractivity contribution < 1.29 is 13.9 Å². The third-order valence-electron chi connectivity index (χ3n) is 3.65. The predicted octanol–water partition coefficient (Wildman–Crippen LogP) is 3.52. The van der Waals surface area contributed by atoms with Gasteiger partial charge < -0.3 is 10.1 Å². The highest BCUT2D eigenvalue weighted by atomic mass is 19.1. The molecule has 0 fully saturated rings. The Morgan fingerprint density at radius 2 is 1.87 bits per heavy atom. The molecule has 0 bridgehead atoms. The van der Waals surface area contributed by atoms with Crippen molar-refractivity contribution in [1.82, 2.24) is 5.32 Å². The second-order valence-electron chi connectivity index (χ2n) is 5.43. The molecule has 2 aromatic rings. The summed E-state index contributed by atoms with van der Waals surface area (Å²) in [6.45, 7) is 0.652. The maximum atomic E-state index is 12.8. The molecular weight excluding hydrogens is 293 g/mol. The summed E-state index contributed by atoms with van der Waals surface area (Å²) in [5, 5.41) is 2.92. The van der Waals surface area contributed by atoms with Gasteiger partial charge in [-0.2, -0.15) is 0 Å². The highest BCUT2D eigenvalue weighted by Crippen LogP contribution is 2.13. The van der Waals surface area contributed by atoms with Gasteiger partial charge in [0.25, 0.3) is 0 Å². The van der Waals surface area contributed by atoms with Crippen molar-refractivity contribution in [3.8, 4) is 5.75 Å². The lowest BCUT2D eigenvalue weighted by molar-refractivity contribution is -0.121. The molecule has 4 heteroatoms. The molecule has 23 heavy (non-hydrogen) atoms. The maximum Gasteiger partial charge on any atom is 0.220 e. The third kappa shape index (κ3) is 6.10. The van der Waals surface area contributed by atoms with Gasteiger partial charge in [0.2, 0.25) is 5.91 Å². The molecule has 0 atom stereocenters. The van der Waals surface area contributed by atoms with E-state index in [1.807, 2.05) is 18.2 Å². The minimum atomic E-state index is -0.254. The Hall–Kier alpha value is -2.36. The summed E-state index contributed by atoms with van der Waals surface area (Å²) in [5.74, 6) is 0.626. The van der Waals surface area contributed by atoms with Crippen LogP contribution in [0.2, 0.25) is 0 Å². The molecule has 0 radical (unpaired) electrons. The van der Waals surface area contributed by atoms with E-state index in [1.165, 1.54) is 17.7 Å². The molecule has 1 amide bonds. The minimum Gasteiger partial charge on any atom is -0.497 e. The summed E-state index contributed by atoms with van der Waals surface area (Å²) in [6, 6.07) is 14.2. The van der Waals surface area contributed by atoms with Gasteiger partial charge in [-0.25, -0.2) is 4.39 Å². The van der Waals surface area contributed by atoms with Crippen molar-refractivity contribution in [1.29, 1.82) is 0 Å². The summed E-state index contributed by atoms with van der Waals surface area (Å²) in [5.41, 5.74) is 2.17. The van der Waals surface area contributed by atoms with Crippen molar-refractivity contribution in [3.63, 3.8) is 0 Å². The fourth-order valence-corrected chi connectivity index (χ4v) is 2.35. The van der Waals surface area contributed by atoms with Crippen molar-refractivity contribution in [2.24, 2.45) is 0 Å². The van der Waals surface area contributed by atoms with Gasteiger partial charge in [-0.1, -0.05) is 24.3 Å². The number of benzene rings is 2. The van der Waals surface area contributed by atoms with E-state index in [4.69, 9.17) is 4.74 Å². The fraction of sp³-hybridized carbons (Fsp3) is 0.316. The highest BCUT2D eigenvalue weighted by Gasteiger charge is 2.03. The van der Waals surface area contributed by atoms with Crippen LogP contribution in [0.4, 0.5) is 4.39 Å². The fourth-order valence-electron chi connectivity index (χ4n) is 2.35. The number of hydrogen-bond acceptors (Lipinski definition) is 2. The standard InChI is InChI=1S/C19H22FNO2/c1-23-18-6-2-4-16(14-18)5-3-13-21-19(22)12-9-15-7-10-17(20)11-8-15/h2,4,6-8,10-11,14H,3,5,9,12-13H2,1H3,(H,21,22). The van der Waals surface area contributed by atoms with Crippen LogP contribution >= 0.6 is 0 Å². The zero-order valence-electron chi connectivity index (χ0n) is 13.3. The van der Waals surface area contributed by atoms with Gasteiger partial charge in [-0.15, -0.1) is 0 Å². The number of aryl methyl sites for hydroxylation is 2. The van der Waals surface area contributed by atoms with E-state index in [9.17, 15) is 9.18 Å². The molecule has 0 aliphatic carbocycles. The van der Waals surface area contributed by atoms with E-state index in [2.05, 4.69) is 11.4 Å². The first-order chi connectivity index (χ1) is 11.2. The van der Waals surface area contributed by atoms with Crippen LogP contribution in [-0.2, 0) is 17.6 Å². The molecule has 2 rings (SSSR count). The Morgan fingerprint density at radius 1 is 1.09 bits per heavy atom. The minimum absolute atomic E-state index is 0.0277. The van der Waals surface area contributed by atoms with Gasteiger partial charge in [-0.05, 0) is 54.7 Å². The first-order valence-electron chi connectivity index (χ1n) is 7.81. The quantitative estimate of drug-likeness (QED) is 0.757. The SMILES string of the molecule is COc1cccc(CCCNC(=O)CCc2ccc(F)cc2)c1. The van der Waals surface area contributed by atoms with E-state index >= 15 is 0 Å². The van der Waals surface area contributed by atoms with Crippen LogP contribution < -0.4 is 10.1 Å². The van der Waals surface area contributed by atoms with E-state index in [1.54, 1.807) is 19.2 Å². The van der Waals surface area contributed by atoms with Gasteiger partial charge in [0.1, 0.15) is 11.6 Å². The van der Waals surface area contributed by atoms with Crippen LogP contribution in [0.1, 0.15) is 24.0 Å². The number of carbonyl (C=O) groups is 1. The molecule has 3 nitrogen and oxygen atoms in total. The summed E-state index contributed by atoms with van der Waals surface area (Å²) >= 11 is 0. The number of amides is 1. The lowest BCUT2D eigenvalue weighted by atomic mass is 10.1. The molecule has 0 spiro atoms. The Morgan fingerprint density at radius 3 is 2.61 bits per heavy atom. The number of halogens is 1. The monoisotopic (exact) mass is 315 g/mol. The topological polar surface area (TPSA) is 38.3 Å². The lowest BCUT2D eigenvalue weighted by Gasteiger charge is -2.07. The van der Waals surface area contributed by atoms with Crippen LogP contribution in [0.25, 0.3) is 0 Å². The Labute approximate surface area is 136 Å². The van der Waals surface area contributed by atoms with Crippen LogP contribution in [0.5, 0.6) is 5.75 Å². The van der Waals surface area contributed by atoms with Crippen molar-refractivity contribution in [2.45, 2.75) is 25.7 Å². The van der Waals surface area contributed by atoms with Crippen molar-refractivity contribution in [2.75, 3.05) is 13.7 Å². The summed E-state index contributed by atoms with van der Waals surface area (Å²) in [4.78, 5) is 11.8. The number of hydrogen-bond donors (Lipinski definition) is 1. The molecule has 0 aromatic heterocycles. The Balaban J connectivity index is 1.63. The number of ether oxygens (including phenoxy) is 1. The van der Waals surface area contributed by atoms with E-state index in [0.717, 1.165) is 24.2 Å². The Bertz CT molecular complexity index is 626. The second-order valence-corrected chi connectivity index (χ2v) is 5.43. The molecule has 0 aliphatic heterocycles. The zero-order valence-corrected chi connectivity index (χ0v) is 13.3. The lowest BCUT2D eigenvalue weighted by Crippen LogP contribution is -2.24. The van der Waals surface area contributed by atoms with Gasteiger partial charge in [0.05, 0.1) is 7.11 Å². The largest absolute Gasteiger partial charge is 0.497 e. The van der Waals surface area contributed by atoms with Crippen LogP contribution in [0.15, 0.2) is 48.5 Å². The van der Waals surface area contributed by atoms with Gasteiger partial charge in [0.15, 0.2) is 0 Å². The van der Waals surface area contributed by atoms with Crippen LogP contribution in [-0.4, -0.2) is 19.6 Å². The zero-order chi connectivity index (χ0) is 16.5. The summed E-state index contributed by atoms with van der Waals surface area (Å²) in [7, 11) is 1.65. The van der Waals surface area contributed by atoms with Crippen molar-refractivity contribution in [3.05, 3.63) is 65.5 Å². The van der Waals surface area contributed by atoms with Gasteiger partial charge in [0, 0.05) is 13.0 Å². The molecule has 0 saturated carbocycles. The second kappa shape index (κ2) is 8.93. The predicted molar refractivity (Wildman–Crippen MR) is 89.0 cm³/mol. The van der Waals surface area contributed by atoms with Crippen LogP contribution in [0.3, 0.4) is 0 Å². The van der Waals surface area contributed by atoms with E-state index < -0.39 is 0 Å². The van der Waals surface area contributed by atoms with E-state index in [0.29, 0.717) is 19.4 Å². The molecule has 122 valence electrons. The maximum absolute atomic E-state index is 12.8. The number of carbonyl (C=O) groups excluding carboxylic acids is 1. The normalized spacial score (nSPS) is 10.3. The van der Waals surface area contributed by atoms with Crippen LogP contribution in [0, 0.1) is 5.82 Å². The average molecular weight is 315 g/mol. The molecule has 0 heterocycles. The summed E-state index contributed by atoms with van der Waals surface area (Å²) < 4.78 is 18.0. The molecule has 0 aliphatic rings. The molecule has 0 saturated heterocycles. The molecule has 1 N–H and O–H groups in total. The van der Waals surface area contributed by atoms with Crippen molar-refractivity contribution >= 4 is 5.91 Å². The first kappa shape index (κ1) is 17.0. The summed E-state index contributed by atoms with van der Waals surface area (Å²) in [6.07, 6.45) is 2.83. The Kier molecular flexibility index (Phi) is 6.60. The average Bonchev–Trinajstić information content (AvgIpc) is 2.58. The third-order valence-corrected chi connectivity index (χ3v) is 3.65.